The zero-order valence-electron chi connectivity index (χ0n) is 10.5. The van der Waals surface area contributed by atoms with Crippen LogP contribution in [-0.4, -0.2) is 0 Å². The number of terminal acetylenes is 2. The Morgan fingerprint density at radius 1 is 0.667 bits per heavy atom. The van der Waals surface area contributed by atoms with Crippen LogP contribution < -0.4 is 0 Å². The third kappa shape index (κ3) is 24.6. The van der Waals surface area contributed by atoms with Crippen LogP contribution in [0, 0.1) is 24.7 Å². The van der Waals surface area contributed by atoms with Crippen LogP contribution in [0.15, 0.2) is 0 Å². The van der Waals surface area contributed by atoms with Crippen molar-refractivity contribution in [3.05, 3.63) is 0 Å². The molecule has 0 heteroatoms. The van der Waals surface area contributed by atoms with Crippen LogP contribution in [0.25, 0.3) is 0 Å². The molecule has 0 atom stereocenters. The Morgan fingerprint density at radius 2 is 1.07 bits per heavy atom. The van der Waals surface area contributed by atoms with Gasteiger partial charge in [0, 0.05) is 12.8 Å². The molecule has 0 rings (SSSR count). The van der Waals surface area contributed by atoms with Crippen LogP contribution in [0.4, 0.5) is 0 Å². The first-order valence-electron chi connectivity index (χ1n) is 6.20. The Bertz CT molecular complexity index is 165. The zero-order valence-corrected chi connectivity index (χ0v) is 10.5. The molecule has 0 amide bonds. The molecule has 15 heavy (non-hydrogen) atoms. The van der Waals surface area contributed by atoms with Gasteiger partial charge in [-0.25, -0.2) is 0 Å². The van der Waals surface area contributed by atoms with E-state index in [4.69, 9.17) is 12.8 Å². The van der Waals surface area contributed by atoms with Crippen molar-refractivity contribution in [2.45, 2.75) is 71.6 Å². The van der Waals surface area contributed by atoms with E-state index < -0.39 is 0 Å². The lowest BCUT2D eigenvalue weighted by Gasteiger charge is -1.90. The van der Waals surface area contributed by atoms with Crippen LogP contribution in [0.2, 0.25) is 0 Å². The first-order chi connectivity index (χ1) is 7.33. The van der Waals surface area contributed by atoms with Crippen LogP contribution in [0.3, 0.4) is 0 Å². The molecule has 0 fully saturated rings. The van der Waals surface area contributed by atoms with E-state index in [9.17, 15) is 0 Å². The third-order valence-corrected chi connectivity index (χ3v) is 2.10. The smallest absolute Gasteiger partial charge is 0.00860 e. The summed E-state index contributed by atoms with van der Waals surface area (Å²) in [7, 11) is 0. The molecule has 0 aliphatic carbocycles. The van der Waals surface area contributed by atoms with Crippen LogP contribution in [0.1, 0.15) is 71.6 Å². The molecule has 0 saturated carbocycles. The van der Waals surface area contributed by atoms with Gasteiger partial charge in [-0.15, -0.1) is 24.7 Å². The predicted octanol–water partition coefficient (Wildman–Crippen LogP) is 4.79. The lowest BCUT2D eigenvalue weighted by molar-refractivity contribution is 0.680. The molecular formula is C15H26. The maximum Gasteiger partial charge on any atom is 0.00860 e. The van der Waals surface area contributed by atoms with E-state index >= 15 is 0 Å². The number of rotatable bonds is 7. The minimum atomic E-state index is 0.952. The van der Waals surface area contributed by atoms with Crippen molar-refractivity contribution in [1.29, 1.82) is 0 Å². The van der Waals surface area contributed by atoms with E-state index in [-0.39, 0.29) is 0 Å². The first kappa shape index (κ1) is 16.5. The van der Waals surface area contributed by atoms with E-state index in [1.807, 2.05) is 0 Å². The highest BCUT2D eigenvalue weighted by atomic mass is 13.9. The van der Waals surface area contributed by atoms with E-state index in [2.05, 4.69) is 25.7 Å². The average Bonchev–Trinajstić information content (AvgIpc) is 2.26. The van der Waals surface area contributed by atoms with Gasteiger partial charge < -0.3 is 0 Å². The van der Waals surface area contributed by atoms with Gasteiger partial charge in [0.2, 0.25) is 0 Å². The maximum atomic E-state index is 5.06. The SMILES string of the molecule is C#CCCCCC.C#CCCCCCC. The van der Waals surface area contributed by atoms with Crippen LogP contribution in [-0.2, 0) is 0 Å². The molecule has 0 aromatic carbocycles. The summed E-state index contributed by atoms with van der Waals surface area (Å²) in [6.07, 6.45) is 20.9. The van der Waals surface area contributed by atoms with Gasteiger partial charge in [0.25, 0.3) is 0 Å². The molecule has 0 unspecified atom stereocenters. The normalized spacial score (nSPS) is 8.27. The van der Waals surface area contributed by atoms with Gasteiger partial charge in [-0.1, -0.05) is 46.0 Å². The predicted molar refractivity (Wildman–Crippen MR) is 70.6 cm³/mol. The van der Waals surface area contributed by atoms with E-state index in [0.29, 0.717) is 0 Å². The standard InChI is InChI=1S/C8H14.C7H12/c1-3-5-7-8-6-4-2;1-3-5-7-6-4-2/h1H,4-8H2,2H3;1H,4-7H2,2H3. The van der Waals surface area contributed by atoms with Gasteiger partial charge >= 0.3 is 0 Å². The second-order valence-electron chi connectivity index (χ2n) is 3.68. The van der Waals surface area contributed by atoms with Gasteiger partial charge in [0.05, 0.1) is 0 Å². The second-order valence-corrected chi connectivity index (χ2v) is 3.68. The molecule has 0 nitrogen and oxygen atoms in total. The number of unbranched alkanes of at least 4 members (excludes halogenated alkanes) is 7. The lowest BCUT2D eigenvalue weighted by atomic mass is 10.2. The quantitative estimate of drug-likeness (QED) is 0.415. The molecule has 0 aromatic heterocycles. The monoisotopic (exact) mass is 206 g/mol. The minimum Gasteiger partial charge on any atom is -0.120 e. The largest absolute Gasteiger partial charge is 0.120 e. The van der Waals surface area contributed by atoms with Gasteiger partial charge in [-0.2, -0.15) is 0 Å². The lowest BCUT2D eigenvalue weighted by Crippen LogP contribution is -1.72. The highest BCUT2D eigenvalue weighted by Gasteiger charge is 1.81. The van der Waals surface area contributed by atoms with E-state index in [0.717, 1.165) is 12.8 Å². The van der Waals surface area contributed by atoms with Crippen molar-refractivity contribution >= 4 is 0 Å². The molecule has 0 saturated heterocycles. The Labute approximate surface area is 96.9 Å². The van der Waals surface area contributed by atoms with Crippen LogP contribution in [0.5, 0.6) is 0 Å². The van der Waals surface area contributed by atoms with Crippen molar-refractivity contribution in [1.82, 2.24) is 0 Å². The molecule has 0 radical (unpaired) electrons. The van der Waals surface area contributed by atoms with Crippen molar-refractivity contribution in [3.63, 3.8) is 0 Å². The highest BCUT2D eigenvalue weighted by Crippen LogP contribution is 2.00. The fourth-order valence-electron chi connectivity index (χ4n) is 1.13. The summed E-state index contributed by atoms with van der Waals surface area (Å²) < 4.78 is 0. The fraction of sp³-hybridized carbons (Fsp3) is 0.733. The summed E-state index contributed by atoms with van der Waals surface area (Å²) >= 11 is 0. The molecule has 0 aromatic rings. The molecule has 0 bridgehead atoms. The zero-order chi connectivity index (χ0) is 11.8. The average molecular weight is 206 g/mol. The van der Waals surface area contributed by atoms with E-state index in [1.165, 1.54) is 44.9 Å². The van der Waals surface area contributed by atoms with Gasteiger partial charge in [-0.05, 0) is 12.8 Å². The summed E-state index contributed by atoms with van der Waals surface area (Å²) in [6.45, 7) is 4.38. The summed E-state index contributed by atoms with van der Waals surface area (Å²) in [4.78, 5) is 0. The molecule has 0 aliphatic heterocycles. The minimum absolute atomic E-state index is 0.952. The first-order valence-corrected chi connectivity index (χ1v) is 6.20. The Morgan fingerprint density at radius 3 is 1.47 bits per heavy atom. The van der Waals surface area contributed by atoms with Gasteiger partial charge in [-0.3, -0.25) is 0 Å². The third-order valence-electron chi connectivity index (χ3n) is 2.10. The molecule has 0 N–H and O–H groups in total. The topological polar surface area (TPSA) is 0 Å². The molecule has 0 heterocycles. The molecular weight excluding hydrogens is 180 g/mol. The van der Waals surface area contributed by atoms with Gasteiger partial charge in [0.15, 0.2) is 0 Å². The Hall–Kier alpha value is -0.880. The van der Waals surface area contributed by atoms with Crippen LogP contribution >= 0.6 is 0 Å². The molecule has 86 valence electrons. The number of hydrogen-bond donors (Lipinski definition) is 0. The van der Waals surface area contributed by atoms with E-state index in [1.54, 1.807) is 0 Å². The van der Waals surface area contributed by atoms with Crippen molar-refractivity contribution in [2.24, 2.45) is 0 Å². The summed E-state index contributed by atoms with van der Waals surface area (Å²) in [5.41, 5.74) is 0. The van der Waals surface area contributed by atoms with Crippen molar-refractivity contribution in [3.8, 4) is 24.7 Å². The Balaban J connectivity index is 0. The molecule has 0 aliphatic rings. The van der Waals surface area contributed by atoms with Gasteiger partial charge in [0.1, 0.15) is 0 Å². The molecule has 0 spiro atoms. The second kappa shape index (κ2) is 18.8. The summed E-state index contributed by atoms with van der Waals surface area (Å²) in [5.74, 6) is 5.23. The number of hydrogen-bond acceptors (Lipinski definition) is 0. The highest BCUT2D eigenvalue weighted by molar-refractivity contribution is 4.83. The Kier molecular flexibility index (Phi) is 20.8. The van der Waals surface area contributed by atoms with Crippen molar-refractivity contribution in [2.75, 3.05) is 0 Å². The van der Waals surface area contributed by atoms with Crippen molar-refractivity contribution < 1.29 is 0 Å². The summed E-state index contributed by atoms with van der Waals surface area (Å²) in [5, 5.41) is 0. The summed E-state index contributed by atoms with van der Waals surface area (Å²) in [6, 6.07) is 0. The fourth-order valence-corrected chi connectivity index (χ4v) is 1.13. The maximum absolute atomic E-state index is 5.06.